The number of unbranched alkanes of at least 4 members (excludes halogenated alkanes) is 1. The molecule has 1 aromatic carbocycles. The Kier molecular flexibility index (Phi) is 5.82. The molecule has 24 heavy (non-hydrogen) atoms. The first-order valence-electron chi connectivity index (χ1n) is 8.71. The fraction of sp³-hybridized carbons (Fsp3) is 0.632. The predicted octanol–water partition coefficient (Wildman–Crippen LogP) is 3.22. The standard InChI is InChI=1S/C19H28N2O2.ClH/c1-3-4-7-15(9-14-6-5-8-16(10-14)23-2)21-17(22)18-11-19(20,12-18)13-18;/h5-6,8,10,15H,3-4,7,9,11-13,20H2,1-2H3,(H,21,22);1H/t15-,18?,19?;/m0./s1. The van der Waals surface area contributed by atoms with E-state index in [1.54, 1.807) is 7.11 Å². The Morgan fingerprint density at radius 2 is 2.08 bits per heavy atom. The zero-order chi connectivity index (χ0) is 16.5. The summed E-state index contributed by atoms with van der Waals surface area (Å²) in [5, 5.41) is 3.30. The molecule has 3 fully saturated rings. The second kappa shape index (κ2) is 7.32. The van der Waals surface area contributed by atoms with Gasteiger partial charge in [0.25, 0.3) is 0 Å². The number of ether oxygens (including phenoxy) is 1. The predicted molar refractivity (Wildman–Crippen MR) is 98.6 cm³/mol. The second-order valence-electron chi connectivity index (χ2n) is 7.54. The van der Waals surface area contributed by atoms with Gasteiger partial charge < -0.3 is 15.8 Å². The van der Waals surface area contributed by atoms with E-state index in [0.29, 0.717) is 0 Å². The molecule has 2 bridgehead atoms. The van der Waals surface area contributed by atoms with Gasteiger partial charge in [0.05, 0.1) is 12.5 Å². The highest BCUT2D eigenvalue weighted by molar-refractivity contribution is 5.87. The minimum atomic E-state index is -0.145. The highest BCUT2D eigenvalue weighted by Crippen LogP contribution is 2.65. The number of carbonyl (C=O) groups excluding carboxylic acids is 1. The van der Waals surface area contributed by atoms with Crippen molar-refractivity contribution >= 4 is 18.3 Å². The number of carbonyl (C=O) groups is 1. The summed E-state index contributed by atoms with van der Waals surface area (Å²) in [7, 11) is 1.68. The Morgan fingerprint density at radius 1 is 1.38 bits per heavy atom. The number of methoxy groups -OCH3 is 1. The van der Waals surface area contributed by atoms with E-state index in [9.17, 15) is 4.79 Å². The van der Waals surface area contributed by atoms with Crippen LogP contribution in [0.5, 0.6) is 5.75 Å². The molecule has 0 saturated heterocycles. The highest BCUT2D eigenvalue weighted by atomic mass is 35.5. The van der Waals surface area contributed by atoms with E-state index in [1.807, 2.05) is 12.1 Å². The van der Waals surface area contributed by atoms with E-state index < -0.39 is 0 Å². The molecule has 3 aliphatic rings. The van der Waals surface area contributed by atoms with Crippen LogP contribution in [0.3, 0.4) is 0 Å². The van der Waals surface area contributed by atoms with Gasteiger partial charge >= 0.3 is 0 Å². The molecule has 1 amide bonds. The maximum Gasteiger partial charge on any atom is 0.226 e. The number of hydrogen-bond donors (Lipinski definition) is 2. The van der Waals surface area contributed by atoms with Crippen LogP contribution < -0.4 is 15.8 Å². The average molecular weight is 353 g/mol. The van der Waals surface area contributed by atoms with Crippen LogP contribution in [-0.4, -0.2) is 24.6 Å². The van der Waals surface area contributed by atoms with Gasteiger partial charge in [-0.05, 0) is 49.8 Å². The lowest BCUT2D eigenvalue weighted by molar-refractivity contribution is -0.173. The first-order chi connectivity index (χ1) is 11.0. The fourth-order valence-electron chi connectivity index (χ4n) is 4.21. The van der Waals surface area contributed by atoms with Gasteiger partial charge in [0, 0.05) is 11.6 Å². The minimum Gasteiger partial charge on any atom is -0.497 e. The van der Waals surface area contributed by atoms with Crippen LogP contribution in [-0.2, 0) is 11.2 Å². The molecule has 3 N–H and O–H groups in total. The molecule has 0 radical (unpaired) electrons. The fourth-order valence-corrected chi connectivity index (χ4v) is 4.21. The van der Waals surface area contributed by atoms with Crippen molar-refractivity contribution in [1.82, 2.24) is 5.32 Å². The van der Waals surface area contributed by atoms with Crippen molar-refractivity contribution in [2.24, 2.45) is 11.1 Å². The number of rotatable bonds is 8. The van der Waals surface area contributed by atoms with Crippen LogP contribution in [0.4, 0.5) is 0 Å². The molecular weight excluding hydrogens is 324 g/mol. The molecule has 1 atom stereocenters. The van der Waals surface area contributed by atoms with Crippen molar-refractivity contribution in [2.45, 2.75) is 63.5 Å². The Labute approximate surface area is 150 Å². The van der Waals surface area contributed by atoms with E-state index in [2.05, 4.69) is 24.4 Å². The zero-order valence-corrected chi connectivity index (χ0v) is 15.5. The normalized spacial score (nSPS) is 28.0. The van der Waals surface area contributed by atoms with Crippen LogP contribution in [0.2, 0.25) is 0 Å². The van der Waals surface area contributed by atoms with E-state index in [0.717, 1.165) is 50.7 Å². The summed E-state index contributed by atoms with van der Waals surface area (Å²) in [5.41, 5.74) is 7.12. The molecule has 5 heteroatoms. The highest BCUT2D eigenvalue weighted by Gasteiger charge is 2.69. The minimum absolute atomic E-state index is 0. The first kappa shape index (κ1) is 19.1. The van der Waals surface area contributed by atoms with Gasteiger partial charge in [-0.15, -0.1) is 12.4 Å². The summed E-state index contributed by atoms with van der Waals surface area (Å²) >= 11 is 0. The molecule has 3 aliphatic carbocycles. The molecule has 1 aromatic rings. The van der Waals surface area contributed by atoms with Gasteiger partial charge in [-0.2, -0.15) is 0 Å². The molecule has 0 heterocycles. The molecule has 134 valence electrons. The van der Waals surface area contributed by atoms with Crippen molar-refractivity contribution in [1.29, 1.82) is 0 Å². The summed E-state index contributed by atoms with van der Waals surface area (Å²) in [6, 6.07) is 8.31. The SMILES string of the molecule is CCCC[C@@H](Cc1cccc(OC)c1)NC(=O)C12CC(N)(C1)C2.Cl. The van der Waals surface area contributed by atoms with Gasteiger partial charge in [0.2, 0.25) is 5.91 Å². The van der Waals surface area contributed by atoms with E-state index in [1.165, 1.54) is 5.56 Å². The number of halogens is 1. The Balaban J connectivity index is 0.00000208. The molecule has 4 nitrogen and oxygen atoms in total. The van der Waals surface area contributed by atoms with Crippen molar-refractivity contribution in [2.75, 3.05) is 7.11 Å². The Bertz CT molecular complexity index is 571. The maximum absolute atomic E-state index is 12.6. The van der Waals surface area contributed by atoms with Gasteiger partial charge in [-0.25, -0.2) is 0 Å². The molecule has 0 spiro atoms. The number of hydrogen-bond acceptors (Lipinski definition) is 3. The lowest BCUT2D eigenvalue weighted by Crippen LogP contribution is -2.76. The molecule has 0 unspecified atom stereocenters. The molecule has 3 saturated carbocycles. The third kappa shape index (κ3) is 3.70. The summed E-state index contributed by atoms with van der Waals surface area (Å²) in [6.45, 7) is 2.18. The van der Waals surface area contributed by atoms with E-state index in [-0.39, 0.29) is 35.3 Å². The van der Waals surface area contributed by atoms with Crippen molar-refractivity contribution in [3.8, 4) is 5.75 Å². The number of nitrogens with two attached hydrogens (primary N) is 1. The topological polar surface area (TPSA) is 64.3 Å². The van der Waals surface area contributed by atoms with E-state index >= 15 is 0 Å². The summed E-state index contributed by atoms with van der Waals surface area (Å²) in [4.78, 5) is 12.6. The Morgan fingerprint density at radius 3 is 2.67 bits per heavy atom. The quantitative estimate of drug-likeness (QED) is 0.755. The van der Waals surface area contributed by atoms with E-state index in [4.69, 9.17) is 10.5 Å². The third-order valence-corrected chi connectivity index (χ3v) is 5.41. The van der Waals surface area contributed by atoms with Crippen LogP contribution in [0.15, 0.2) is 24.3 Å². The van der Waals surface area contributed by atoms with Crippen LogP contribution >= 0.6 is 12.4 Å². The molecule has 4 rings (SSSR count). The van der Waals surface area contributed by atoms with Gasteiger partial charge in [-0.3, -0.25) is 4.79 Å². The number of benzene rings is 1. The van der Waals surface area contributed by atoms with Crippen LogP contribution in [0.25, 0.3) is 0 Å². The van der Waals surface area contributed by atoms with Crippen LogP contribution in [0, 0.1) is 5.41 Å². The Hall–Kier alpha value is -1.26. The van der Waals surface area contributed by atoms with Gasteiger partial charge in [0.15, 0.2) is 0 Å². The first-order valence-corrected chi connectivity index (χ1v) is 8.71. The molecule has 0 aliphatic heterocycles. The van der Waals surface area contributed by atoms with Crippen molar-refractivity contribution in [3.63, 3.8) is 0 Å². The van der Waals surface area contributed by atoms with Gasteiger partial charge in [0.1, 0.15) is 5.75 Å². The smallest absolute Gasteiger partial charge is 0.226 e. The van der Waals surface area contributed by atoms with Crippen molar-refractivity contribution in [3.05, 3.63) is 29.8 Å². The van der Waals surface area contributed by atoms with Crippen LogP contribution in [0.1, 0.15) is 51.0 Å². The van der Waals surface area contributed by atoms with Crippen molar-refractivity contribution < 1.29 is 9.53 Å². The number of amides is 1. The monoisotopic (exact) mass is 352 g/mol. The zero-order valence-electron chi connectivity index (χ0n) is 14.6. The summed E-state index contributed by atoms with van der Waals surface area (Å²) < 4.78 is 5.30. The lowest BCUT2D eigenvalue weighted by Gasteiger charge is -2.67. The molecular formula is C19H29ClN2O2. The average Bonchev–Trinajstić information content (AvgIpc) is 2.48. The summed E-state index contributed by atoms with van der Waals surface area (Å²) in [5.74, 6) is 1.08. The lowest BCUT2D eigenvalue weighted by atomic mass is 9.39. The largest absolute Gasteiger partial charge is 0.497 e. The molecule has 0 aromatic heterocycles. The number of nitrogens with one attached hydrogen (secondary N) is 1. The second-order valence-corrected chi connectivity index (χ2v) is 7.54. The van der Waals surface area contributed by atoms with Gasteiger partial charge in [-0.1, -0.05) is 31.9 Å². The third-order valence-electron chi connectivity index (χ3n) is 5.41. The maximum atomic E-state index is 12.6. The summed E-state index contributed by atoms with van der Waals surface area (Å²) in [6.07, 6.45) is 6.74.